The molecule has 0 spiro atoms. The Labute approximate surface area is 152 Å². The lowest BCUT2D eigenvalue weighted by Gasteiger charge is -2.30. The predicted molar refractivity (Wildman–Crippen MR) is 97.6 cm³/mol. The summed E-state index contributed by atoms with van der Waals surface area (Å²) >= 11 is 6.33. The zero-order valence-corrected chi connectivity index (χ0v) is 14.6. The molecule has 5 heteroatoms. The third-order valence-electron chi connectivity index (χ3n) is 5.18. The van der Waals surface area contributed by atoms with Crippen molar-refractivity contribution in [2.75, 3.05) is 13.1 Å². The number of likely N-dealkylation sites (tertiary alicyclic amines) is 1. The molecule has 0 radical (unpaired) electrons. The lowest BCUT2D eigenvalue weighted by Crippen LogP contribution is -2.40. The molecule has 2 aromatic carbocycles. The van der Waals surface area contributed by atoms with Gasteiger partial charge in [-0.05, 0) is 42.2 Å². The monoisotopic (exact) mass is 353 g/mol. The Hall–Kier alpha value is -2.06. The van der Waals surface area contributed by atoms with E-state index in [4.69, 9.17) is 27.3 Å². The van der Waals surface area contributed by atoms with Crippen LogP contribution in [0.25, 0.3) is 0 Å². The van der Waals surface area contributed by atoms with Crippen LogP contribution < -0.4 is 10.5 Å². The molecular weight excluding hydrogens is 334 g/mol. The first kappa shape index (κ1) is 16.4. The number of rotatable bonds is 3. The quantitative estimate of drug-likeness (QED) is 0.919. The smallest absolute Gasteiger partial charge is 0.140 e. The molecule has 1 unspecified atom stereocenters. The Bertz CT molecular complexity index is 832. The zero-order chi connectivity index (χ0) is 17.4. The van der Waals surface area contributed by atoms with Gasteiger partial charge in [0, 0.05) is 19.1 Å². The number of ether oxygens (including phenoxy) is 1. The molecule has 4 nitrogen and oxygen atoms in total. The highest BCUT2D eigenvalue weighted by molar-refractivity contribution is 6.32. The third kappa shape index (κ3) is 3.11. The first-order chi connectivity index (χ1) is 12.2. The molecule has 0 aromatic heterocycles. The highest BCUT2D eigenvalue weighted by atomic mass is 35.5. The second kappa shape index (κ2) is 6.68. The number of nitrogens with two attached hydrogens (primary N) is 1. The predicted octanol–water partition coefficient (Wildman–Crippen LogP) is 3.29. The second-order valence-corrected chi connectivity index (χ2v) is 7.22. The Kier molecular flexibility index (Phi) is 4.39. The lowest BCUT2D eigenvalue weighted by molar-refractivity contribution is 0.0934. The van der Waals surface area contributed by atoms with Crippen LogP contribution in [0, 0.1) is 11.3 Å². The molecule has 1 heterocycles. The molecule has 25 heavy (non-hydrogen) atoms. The van der Waals surface area contributed by atoms with Gasteiger partial charge in [-0.15, -0.1) is 0 Å². The van der Waals surface area contributed by atoms with Gasteiger partial charge in [-0.25, -0.2) is 0 Å². The maximum atomic E-state index is 9.01. The van der Waals surface area contributed by atoms with Gasteiger partial charge in [-0.1, -0.05) is 35.9 Å². The van der Waals surface area contributed by atoms with E-state index in [-0.39, 0.29) is 18.2 Å². The fraction of sp³-hybridized carbons (Fsp3) is 0.350. The summed E-state index contributed by atoms with van der Waals surface area (Å²) in [7, 11) is 0. The average molecular weight is 354 g/mol. The molecule has 0 saturated carbocycles. The Morgan fingerprint density at radius 1 is 1.24 bits per heavy atom. The van der Waals surface area contributed by atoms with Crippen LogP contribution in [-0.4, -0.2) is 30.1 Å². The summed E-state index contributed by atoms with van der Waals surface area (Å²) in [5, 5.41) is 9.48. The van der Waals surface area contributed by atoms with Crippen LogP contribution in [0.1, 0.15) is 29.2 Å². The molecule has 128 valence electrons. The summed E-state index contributed by atoms with van der Waals surface area (Å²) in [6.07, 6.45) is 1.91. The van der Waals surface area contributed by atoms with E-state index in [9.17, 15) is 0 Å². The molecule has 2 aliphatic rings. The molecule has 0 amide bonds. The van der Waals surface area contributed by atoms with Crippen molar-refractivity contribution in [3.05, 3.63) is 64.2 Å². The minimum Gasteiger partial charge on any atom is -0.482 e. The van der Waals surface area contributed by atoms with E-state index in [1.807, 2.05) is 6.07 Å². The summed E-state index contributed by atoms with van der Waals surface area (Å²) < 4.78 is 6.37. The minimum atomic E-state index is -0.0769. The number of hydrogen-bond donors (Lipinski definition) is 1. The maximum absolute atomic E-state index is 9.01. The third-order valence-corrected chi connectivity index (χ3v) is 5.48. The Morgan fingerprint density at radius 2 is 2.08 bits per heavy atom. The van der Waals surface area contributed by atoms with Crippen LogP contribution >= 0.6 is 11.6 Å². The van der Waals surface area contributed by atoms with Crippen LogP contribution in [0.5, 0.6) is 5.75 Å². The van der Waals surface area contributed by atoms with Gasteiger partial charge in [0.25, 0.3) is 0 Å². The van der Waals surface area contributed by atoms with Crippen molar-refractivity contribution in [3.8, 4) is 11.8 Å². The van der Waals surface area contributed by atoms with E-state index < -0.39 is 0 Å². The van der Waals surface area contributed by atoms with Crippen molar-refractivity contribution in [3.63, 3.8) is 0 Å². The fourth-order valence-electron chi connectivity index (χ4n) is 3.92. The molecular formula is C20H20ClN3O. The number of fused-ring (bicyclic) bond motifs is 1. The topological polar surface area (TPSA) is 62.3 Å². The molecule has 0 bridgehead atoms. The van der Waals surface area contributed by atoms with E-state index in [0.29, 0.717) is 16.3 Å². The number of halogens is 1. The normalized spacial score (nSPS) is 25.6. The van der Waals surface area contributed by atoms with Gasteiger partial charge in [-0.2, -0.15) is 5.26 Å². The van der Waals surface area contributed by atoms with Crippen molar-refractivity contribution in [1.29, 1.82) is 5.26 Å². The first-order valence-corrected chi connectivity index (χ1v) is 8.97. The molecule has 1 aliphatic heterocycles. The number of nitriles is 1. The average Bonchev–Trinajstić information content (AvgIpc) is 3.20. The summed E-state index contributed by atoms with van der Waals surface area (Å²) in [6, 6.07) is 16.2. The van der Waals surface area contributed by atoms with E-state index in [1.54, 1.807) is 18.2 Å². The van der Waals surface area contributed by atoms with Crippen LogP contribution in [-0.2, 0) is 6.42 Å². The molecule has 1 fully saturated rings. The molecule has 1 aliphatic carbocycles. The molecule has 2 N–H and O–H groups in total. The summed E-state index contributed by atoms with van der Waals surface area (Å²) in [5.41, 5.74) is 9.19. The molecule has 3 atom stereocenters. The molecule has 4 rings (SSSR count). The van der Waals surface area contributed by atoms with Gasteiger partial charge in [0.2, 0.25) is 0 Å². The number of hydrogen-bond acceptors (Lipinski definition) is 4. The van der Waals surface area contributed by atoms with Crippen molar-refractivity contribution >= 4 is 11.6 Å². The van der Waals surface area contributed by atoms with Crippen LogP contribution in [0.3, 0.4) is 0 Å². The Morgan fingerprint density at radius 3 is 2.80 bits per heavy atom. The van der Waals surface area contributed by atoms with E-state index in [2.05, 4.69) is 29.2 Å². The summed E-state index contributed by atoms with van der Waals surface area (Å²) in [4.78, 5) is 2.44. The van der Waals surface area contributed by atoms with Crippen molar-refractivity contribution in [2.45, 2.75) is 31.0 Å². The minimum absolute atomic E-state index is 0.0769. The number of benzene rings is 2. The Balaban J connectivity index is 1.65. The largest absolute Gasteiger partial charge is 0.482 e. The van der Waals surface area contributed by atoms with Crippen molar-refractivity contribution in [1.82, 2.24) is 4.90 Å². The SMILES string of the molecule is N#Cc1ccc(O[C@@H]2c3ccccc3CC2N2CC[C@H](N)C2)c(Cl)c1. The van der Waals surface area contributed by atoms with Gasteiger partial charge >= 0.3 is 0 Å². The fourth-order valence-corrected chi connectivity index (χ4v) is 4.14. The highest BCUT2D eigenvalue weighted by Gasteiger charge is 2.40. The van der Waals surface area contributed by atoms with E-state index in [0.717, 1.165) is 25.9 Å². The highest BCUT2D eigenvalue weighted by Crippen LogP contribution is 2.40. The van der Waals surface area contributed by atoms with Crippen LogP contribution in [0.2, 0.25) is 5.02 Å². The van der Waals surface area contributed by atoms with E-state index in [1.165, 1.54) is 11.1 Å². The lowest BCUT2D eigenvalue weighted by atomic mass is 10.1. The van der Waals surface area contributed by atoms with Crippen LogP contribution in [0.15, 0.2) is 42.5 Å². The molecule has 1 saturated heterocycles. The zero-order valence-electron chi connectivity index (χ0n) is 13.9. The van der Waals surface area contributed by atoms with Crippen molar-refractivity contribution < 1.29 is 4.74 Å². The van der Waals surface area contributed by atoms with Gasteiger partial charge in [0.05, 0.1) is 22.7 Å². The van der Waals surface area contributed by atoms with Gasteiger partial charge in [0.1, 0.15) is 11.9 Å². The number of nitrogens with zero attached hydrogens (tertiary/aromatic N) is 2. The van der Waals surface area contributed by atoms with E-state index >= 15 is 0 Å². The summed E-state index contributed by atoms with van der Waals surface area (Å²) in [6.45, 7) is 1.90. The van der Waals surface area contributed by atoms with Crippen molar-refractivity contribution in [2.24, 2.45) is 5.73 Å². The summed E-state index contributed by atoms with van der Waals surface area (Å²) in [5.74, 6) is 0.621. The second-order valence-electron chi connectivity index (χ2n) is 6.81. The first-order valence-electron chi connectivity index (χ1n) is 8.59. The van der Waals surface area contributed by atoms with Gasteiger partial charge in [0.15, 0.2) is 0 Å². The maximum Gasteiger partial charge on any atom is 0.140 e. The van der Waals surface area contributed by atoms with Gasteiger partial charge in [-0.3, -0.25) is 4.90 Å². The molecule has 2 aromatic rings. The van der Waals surface area contributed by atoms with Crippen LogP contribution in [0.4, 0.5) is 0 Å². The standard InChI is InChI=1S/C20H20ClN3O/c21-17-9-13(11-22)5-6-19(17)25-20-16-4-2-1-3-14(16)10-18(20)24-8-7-15(23)12-24/h1-6,9,15,18,20H,7-8,10,12,23H2/t15-,18?,20+/m0/s1. The van der Waals surface area contributed by atoms with Gasteiger partial charge < -0.3 is 10.5 Å².